The summed E-state index contributed by atoms with van der Waals surface area (Å²) >= 11 is 0. The SMILES string of the molecule is C=C(C1=C(C)CC(C)=N1)N1CC(Cc2ccccc2C(C)(C)C)C1. The molecule has 1 aromatic rings. The molecular formula is C22H30N2. The maximum Gasteiger partial charge on any atom is 0.0849 e. The second kappa shape index (κ2) is 6.23. The van der Waals surface area contributed by atoms with E-state index in [9.17, 15) is 0 Å². The van der Waals surface area contributed by atoms with E-state index < -0.39 is 0 Å². The van der Waals surface area contributed by atoms with Crippen LogP contribution in [0.3, 0.4) is 0 Å². The van der Waals surface area contributed by atoms with Crippen molar-refractivity contribution in [2.24, 2.45) is 10.9 Å². The van der Waals surface area contributed by atoms with E-state index in [0.29, 0.717) is 0 Å². The lowest BCUT2D eigenvalue weighted by molar-refractivity contribution is 0.146. The van der Waals surface area contributed by atoms with Crippen molar-refractivity contribution in [3.63, 3.8) is 0 Å². The lowest BCUT2D eigenvalue weighted by Gasteiger charge is -2.43. The molecule has 0 aromatic heterocycles. The Morgan fingerprint density at radius 3 is 2.46 bits per heavy atom. The van der Waals surface area contributed by atoms with Gasteiger partial charge in [0.15, 0.2) is 0 Å². The number of hydrogen-bond donors (Lipinski definition) is 0. The van der Waals surface area contributed by atoms with E-state index in [4.69, 9.17) is 0 Å². The lowest BCUT2D eigenvalue weighted by Crippen LogP contribution is -2.47. The number of allylic oxidation sites excluding steroid dienone is 1. The maximum atomic E-state index is 4.68. The third kappa shape index (κ3) is 3.33. The molecule has 0 unspecified atom stereocenters. The highest BCUT2D eigenvalue weighted by Crippen LogP contribution is 2.34. The number of rotatable bonds is 4. The fourth-order valence-corrected chi connectivity index (χ4v) is 3.91. The highest BCUT2D eigenvalue weighted by atomic mass is 15.2. The fourth-order valence-electron chi connectivity index (χ4n) is 3.91. The van der Waals surface area contributed by atoms with E-state index in [2.05, 4.69) is 75.4 Å². The lowest BCUT2D eigenvalue weighted by atomic mass is 9.80. The Balaban J connectivity index is 1.63. The Hall–Kier alpha value is -1.83. The largest absolute Gasteiger partial charge is 0.370 e. The van der Waals surface area contributed by atoms with Crippen LogP contribution in [0.2, 0.25) is 0 Å². The standard InChI is InChI=1S/C22H30N2/c1-15-11-16(2)23-21(15)17(3)24-13-18(14-24)12-19-9-7-8-10-20(19)22(4,5)6/h7-10,18H,3,11-14H2,1-2,4-6H3. The Bertz CT molecular complexity index is 710. The first-order chi connectivity index (χ1) is 11.3. The van der Waals surface area contributed by atoms with Crippen LogP contribution in [0, 0.1) is 5.92 Å². The third-order valence-corrected chi connectivity index (χ3v) is 5.17. The third-order valence-electron chi connectivity index (χ3n) is 5.17. The van der Waals surface area contributed by atoms with Crippen LogP contribution in [0.1, 0.15) is 52.2 Å². The minimum absolute atomic E-state index is 0.210. The average Bonchev–Trinajstić information content (AvgIpc) is 2.80. The summed E-state index contributed by atoms with van der Waals surface area (Å²) in [6.07, 6.45) is 2.17. The van der Waals surface area contributed by atoms with Crippen molar-refractivity contribution in [2.45, 2.75) is 52.9 Å². The molecule has 2 aliphatic rings. The zero-order chi connectivity index (χ0) is 17.5. The number of nitrogens with zero attached hydrogens (tertiary/aromatic N) is 2. The topological polar surface area (TPSA) is 15.6 Å². The Labute approximate surface area is 147 Å². The number of aliphatic imine (C=N–C) groups is 1. The van der Waals surface area contributed by atoms with Crippen LogP contribution in [0.25, 0.3) is 0 Å². The summed E-state index contributed by atoms with van der Waals surface area (Å²) < 4.78 is 0. The average molecular weight is 322 g/mol. The number of benzene rings is 1. The summed E-state index contributed by atoms with van der Waals surface area (Å²) in [4.78, 5) is 7.08. The normalized spacial score (nSPS) is 18.7. The van der Waals surface area contributed by atoms with Crippen LogP contribution < -0.4 is 0 Å². The van der Waals surface area contributed by atoms with Crippen molar-refractivity contribution in [3.05, 3.63) is 58.9 Å². The molecule has 1 fully saturated rings. The van der Waals surface area contributed by atoms with Gasteiger partial charge in [0.2, 0.25) is 0 Å². The second-order valence-electron chi connectivity index (χ2n) is 8.48. The molecular weight excluding hydrogens is 292 g/mol. The van der Waals surface area contributed by atoms with Crippen LogP contribution in [0.15, 0.2) is 52.8 Å². The van der Waals surface area contributed by atoms with E-state index in [1.165, 1.54) is 22.4 Å². The molecule has 3 rings (SSSR count). The van der Waals surface area contributed by atoms with Gasteiger partial charge in [-0.05, 0) is 48.3 Å². The Morgan fingerprint density at radius 2 is 1.88 bits per heavy atom. The minimum Gasteiger partial charge on any atom is -0.370 e. The van der Waals surface area contributed by atoms with Crippen LogP contribution in [0.5, 0.6) is 0 Å². The summed E-state index contributed by atoms with van der Waals surface area (Å²) in [5.74, 6) is 0.720. The van der Waals surface area contributed by atoms with Gasteiger partial charge in [-0.25, -0.2) is 0 Å². The van der Waals surface area contributed by atoms with Gasteiger partial charge in [-0.3, -0.25) is 4.99 Å². The van der Waals surface area contributed by atoms with Gasteiger partial charge in [-0.1, -0.05) is 51.6 Å². The smallest absolute Gasteiger partial charge is 0.0849 e. The van der Waals surface area contributed by atoms with Gasteiger partial charge < -0.3 is 4.90 Å². The molecule has 0 amide bonds. The molecule has 0 N–H and O–H groups in total. The highest BCUT2D eigenvalue weighted by Gasteiger charge is 2.31. The maximum absolute atomic E-state index is 4.68. The summed E-state index contributed by atoms with van der Waals surface area (Å²) in [6.45, 7) is 17.7. The van der Waals surface area contributed by atoms with Gasteiger partial charge in [-0.15, -0.1) is 0 Å². The minimum atomic E-state index is 0.210. The molecule has 128 valence electrons. The second-order valence-corrected chi connectivity index (χ2v) is 8.48. The van der Waals surface area contributed by atoms with Crippen molar-refractivity contribution in [3.8, 4) is 0 Å². The van der Waals surface area contributed by atoms with E-state index in [0.717, 1.165) is 43.2 Å². The molecule has 0 spiro atoms. The first-order valence-corrected chi connectivity index (χ1v) is 9.02. The van der Waals surface area contributed by atoms with Crippen molar-refractivity contribution in [1.29, 1.82) is 0 Å². The molecule has 0 aliphatic carbocycles. The molecule has 0 atom stereocenters. The van der Waals surface area contributed by atoms with Crippen LogP contribution in [-0.2, 0) is 11.8 Å². The summed E-state index contributed by atoms with van der Waals surface area (Å²) in [7, 11) is 0. The predicted molar refractivity (Wildman–Crippen MR) is 103 cm³/mol. The number of likely N-dealkylation sites (tertiary alicyclic amines) is 1. The highest BCUT2D eigenvalue weighted by molar-refractivity contribution is 5.88. The van der Waals surface area contributed by atoms with Crippen molar-refractivity contribution in [2.75, 3.05) is 13.1 Å². The van der Waals surface area contributed by atoms with Gasteiger partial charge in [0.05, 0.1) is 11.4 Å². The van der Waals surface area contributed by atoms with Crippen molar-refractivity contribution >= 4 is 5.71 Å². The number of hydrogen-bond acceptors (Lipinski definition) is 2. The Kier molecular flexibility index (Phi) is 4.42. The van der Waals surface area contributed by atoms with Gasteiger partial charge in [0, 0.05) is 25.2 Å². The molecule has 0 saturated carbocycles. The van der Waals surface area contributed by atoms with Crippen LogP contribution in [-0.4, -0.2) is 23.7 Å². The quantitative estimate of drug-likeness (QED) is 0.752. The first kappa shape index (κ1) is 17.0. The summed E-state index contributed by atoms with van der Waals surface area (Å²) in [6, 6.07) is 8.92. The van der Waals surface area contributed by atoms with Gasteiger partial charge in [0.1, 0.15) is 0 Å². The molecule has 2 aliphatic heterocycles. The summed E-state index contributed by atoms with van der Waals surface area (Å²) in [5, 5.41) is 0. The fraction of sp³-hybridized carbons (Fsp3) is 0.500. The van der Waals surface area contributed by atoms with Gasteiger partial charge in [-0.2, -0.15) is 0 Å². The van der Waals surface area contributed by atoms with E-state index in [1.54, 1.807) is 0 Å². The summed E-state index contributed by atoms with van der Waals surface area (Å²) in [5.41, 5.74) is 8.01. The van der Waals surface area contributed by atoms with E-state index >= 15 is 0 Å². The zero-order valence-electron chi connectivity index (χ0n) is 15.8. The molecule has 2 nitrogen and oxygen atoms in total. The predicted octanol–water partition coefficient (Wildman–Crippen LogP) is 5.11. The van der Waals surface area contributed by atoms with E-state index in [1.807, 2.05) is 0 Å². The van der Waals surface area contributed by atoms with Crippen LogP contribution in [0.4, 0.5) is 0 Å². The molecule has 2 heteroatoms. The van der Waals surface area contributed by atoms with E-state index in [-0.39, 0.29) is 5.41 Å². The molecule has 0 bridgehead atoms. The van der Waals surface area contributed by atoms with Gasteiger partial charge >= 0.3 is 0 Å². The molecule has 1 saturated heterocycles. The van der Waals surface area contributed by atoms with Gasteiger partial charge in [0.25, 0.3) is 0 Å². The van der Waals surface area contributed by atoms with Crippen molar-refractivity contribution < 1.29 is 0 Å². The first-order valence-electron chi connectivity index (χ1n) is 9.02. The van der Waals surface area contributed by atoms with Crippen molar-refractivity contribution in [1.82, 2.24) is 4.90 Å². The monoisotopic (exact) mass is 322 g/mol. The van der Waals surface area contributed by atoms with Crippen LogP contribution >= 0.6 is 0 Å². The Morgan fingerprint density at radius 1 is 1.21 bits per heavy atom. The molecule has 24 heavy (non-hydrogen) atoms. The molecule has 1 aromatic carbocycles. The molecule has 0 radical (unpaired) electrons. The zero-order valence-corrected chi connectivity index (χ0v) is 15.8. The molecule has 2 heterocycles.